The first kappa shape index (κ1) is 13.0. The van der Waals surface area contributed by atoms with E-state index in [-0.39, 0.29) is 17.4 Å². The Morgan fingerprint density at radius 1 is 1.44 bits per heavy atom. The van der Waals surface area contributed by atoms with Gasteiger partial charge in [0.15, 0.2) is 9.84 Å². The van der Waals surface area contributed by atoms with Crippen molar-refractivity contribution in [3.8, 4) is 0 Å². The third kappa shape index (κ3) is 2.87. The Labute approximate surface area is 105 Å². The lowest BCUT2D eigenvalue weighted by Gasteiger charge is -2.10. The number of benzene rings is 1. The minimum Gasteiger partial charge on any atom is -0.326 e. The van der Waals surface area contributed by atoms with Crippen LogP contribution < -0.4 is 5.32 Å². The van der Waals surface area contributed by atoms with E-state index in [2.05, 4.69) is 5.32 Å². The zero-order chi connectivity index (χ0) is 13.3. The van der Waals surface area contributed by atoms with Gasteiger partial charge in [-0.25, -0.2) is 12.8 Å². The van der Waals surface area contributed by atoms with E-state index in [1.807, 2.05) is 0 Å². The van der Waals surface area contributed by atoms with Gasteiger partial charge in [-0.1, -0.05) is 6.07 Å². The number of anilines is 1. The van der Waals surface area contributed by atoms with E-state index in [9.17, 15) is 17.6 Å². The van der Waals surface area contributed by atoms with Crippen molar-refractivity contribution in [2.45, 2.75) is 13.3 Å². The average Bonchev–Trinajstić information content (AvgIpc) is 2.64. The molecule has 0 bridgehead atoms. The van der Waals surface area contributed by atoms with E-state index in [1.54, 1.807) is 19.1 Å². The van der Waals surface area contributed by atoms with Crippen molar-refractivity contribution < 1.29 is 17.6 Å². The van der Waals surface area contributed by atoms with E-state index in [4.69, 9.17) is 0 Å². The number of aryl methyl sites for hydroxylation is 1. The van der Waals surface area contributed by atoms with Crippen LogP contribution in [0.5, 0.6) is 0 Å². The first-order chi connectivity index (χ1) is 8.37. The number of sulfone groups is 1. The third-order valence-corrected chi connectivity index (χ3v) is 4.81. The molecule has 2 rings (SSSR count). The lowest BCUT2D eigenvalue weighted by atomic mass is 10.1. The fourth-order valence-electron chi connectivity index (χ4n) is 1.92. The molecule has 18 heavy (non-hydrogen) atoms. The van der Waals surface area contributed by atoms with Crippen LogP contribution in [0, 0.1) is 18.7 Å². The first-order valence-electron chi connectivity index (χ1n) is 5.65. The van der Waals surface area contributed by atoms with Gasteiger partial charge in [0, 0.05) is 5.69 Å². The molecule has 0 unspecified atom stereocenters. The standard InChI is InChI=1S/C12H14FNO3S/c1-8-2-3-10(6-11(8)13)14-12(15)9-4-5-18(16,17)7-9/h2-3,6,9H,4-5,7H2,1H3,(H,14,15)/t9-/m1/s1. The summed E-state index contributed by atoms with van der Waals surface area (Å²) in [5, 5.41) is 2.55. The summed E-state index contributed by atoms with van der Waals surface area (Å²) in [6.07, 6.45) is 0.336. The Morgan fingerprint density at radius 3 is 2.72 bits per heavy atom. The number of hydrogen-bond donors (Lipinski definition) is 1. The molecule has 0 radical (unpaired) electrons. The van der Waals surface area contributed by atoms with Crippen molar-refractivity contribution in [2.75, 3.05) is 16.8 Å². The number of rotatable bonds is 2. The molecule has 0 saturated carbocycles. The minimum absolute atomic E-state index is 0.0490. The van der Waals surface area contributed by atoms with Crippen molar-refractivity contribution in [1.82, 2.24) is 0 Å². The molecule has 1 aromatic rings. The summed E-state index contributed by atoms with van der Waals surface area (Å²) in [6.45, 7) is 1.63. The summed E-state index contributed by atoms with van der Waals surface area (Å²) in [5.74, 6) is -1.36. The van der Waals surface area contributed by atoms with Gasteiger partial charge in [-0.2, -0.15) is 0 Å². The molecule has 98 valence electrons. The van der Waals surface area contributed by atoms with Crippen molar-refractivity contribution in [3.63, 3.8) is 0 Å². The van der Waals surface area contributed by atoms with Gasteiger partial charge in [0.1, 0.15) is 5.82 Å². The number of nitrogens with one attached hydrogen (secondary N) is 1. The molecule has 1 N–H and O–H groups in total. The molecular weight excluding hydrogens is 257 g/mol. The topological polar surface area (TPSA) is 63.2 Å². The molecule has 1 aliphatic heterocycles. The SMILES string of the molecule is Cc1ccc(NC(=O)[C@@H]2CCS(=O)(=O)C2)cc1F. The summed E-state index contributed by atoms with van der Waals surface area (Å²) in [7, 11) is -3.08. The maximum absolute atomic E-state index is 13.3. The summed E-state index contributed by atoms with van der Waals surface area (Å²) in [4.78, 5) is 11.8. The van der Waals surface area contributed by atoms with Crippen molar-refractivity contribution >= 4 is 21.4 Å². The lowest BCUT2D eigenvalue weighted by molar-refractivity contribution is -0.119. The monoisotopic (exact) mass is 271 g/mol. The normalized spacial score (nSPS) is 21.8. The number of carbonyl (C=O) groups excluding carboxylic acids is 1. The Balaban J connectivity index is 2.06. The highest BCUT2D eigenvalue weighted by Gasteiger charge is 2.32. The molecule has 1 fully saturated rings. The van der Waals surface area contributed by atoms with E-state index < -0.39 is 21.6 Å². The third-order valence-electron chi connectivity index (χ3n) is 3.04. The van der Waals surface area contributed by atoms with Crippen molar-refractivity contribution in [2.24, 2.45) is 5.92 Å². The molecule has 0 spiro atoms. The Hall–Kier alpha value is -1.43. The Morgan fingerprint density at radius 2 is 2.17 bits per heavy atom. The van der Waals surface area contributed by atoms with Crippen LogP contribution in [-0.2, 0) is 14.6 Å². The fraction of sp³-hybridized carbons (Fsp3) is 0.417. The zero-order valence-electron chi connectivity index (χ0n) is 9.94. The molecule has 4 nitrogen and oxygen atoms in total. The van der Waals surface area contributed by atoms with Gasteiger partial charge in [-0.15, -0.1) is 0 Å². The average molecular weight is 271 g/mol. The van der Waals surface area contributed by atoms with Crippen molar-refractivity contribution in [1.29, 1.82) is 0 Å². The van der Waals surface area contributed by atoms with Gasteiger partial charge in [0.2, 0.25) is 5.91 Å². The van der Waals surface area contributed by atoms with Gasteiger partial charge in [-0.3, -0.25) is 4.79 Å². The van der Waals surface area contributed by atoms with Crippen LogP contribution in [0.3, 0.4) is 0 Å². The number of halogens is 1. The van der Waals surface area contributed by atoms with Crippen molar-refractivity contribution in [3.05, 3.63) is 29.6 Å². The van der Waals surface area contributed by atoms with Gasteiger partial charge >= 0.3 is 0 Å². The minimum atomic E-state index is -3.08. The second-order valence-electron chi connectivity index (χ2n) is 4.55. The first-order valence-corrected chi connectivity index (χ1v) is 7.47. The molecule has 1 saturated heterocycles. The molecule has 1 amide bonds. The lowest BCUT2D eigenvalue weighted by Crippen LogP contribution is -2.23. The molecule has 0 aromatic heterocycles. The summed E-state index contributed by atoms with van der Waals surface area (Å²) in [6, 6.07) is 4.40. The summed E-state index contributed by atoms with van der Waals surface area (Å²) >= 11 is 0. The quantitative estimate of drug-likeness (QED) is 0.886. The summed E-state index contributed by atoms with van der Waals surface area (Å²) in [5.41, 5.74) is 0.851. The van der Waals surface area contributed by atoms with Crippen LogP contribution in [0.2, 0.25) is 0 Å². The predicted molar refractivity (Wildman–Crippen MR) is 66.5 cm³/mol. The zero-order valence-corrected chi connectivity index (χ0v) is 10.8. The van der Waals surface area contributed by atoms with Crippen LogP contribution >= 0.6 is 0 Å². The Bertz CT molecular complexity index is 583. The Kier molecular flexibility index (Phi) is 3.38. The molecule has 1 aliphatic rings. The highest BCUT2D eigenvalue weighted by atomic mass is 32.2. The highest BCUT2D eigenvalue weighted by molar-refractivity contribution is 7.91. The van der Waals surface area contributed by atoms with E-state index in [0.29, 0.717) is 17.7 Å². The van der Waals surface area contributed by atoms with Crippen LogP contribution in [0.4, 0.5) is 10.1 Å². The molecular formula is C12H14FNO3S. The molecule has 1 atom stereocenters. The van der Waals surface area contributed by atoms with Gasteiger partial charge < -0.3 is 5.32 Å². The number of amides is 1. The molecule has 1 aromatic carbocycles. The van der Waals surface area contributed by atoms with Gasteiger partial charge in [0.25, 0.3) is 0 Å². The van der Waals surface area contributed by atoms with E-state index >= 15 is 0 Å². The van der Waals surface area contributed by atoms with Gasteiger partial charge in [0.05, 0.1) is 17.4 Å². The van der Waals surface area contributed by atoms with E-state index in [1.165, 1.54) is 6.07 Å². The van der Waals surface area contributed by atoms with E-state index in [0.717, 1.165) is 0 Å². The maximum Gasteiger partial charge on any atom is 0.228 e. The fourth-order valence-corrected chi connectivity index (χ4v) is 3.66. The smallest absolute Gasteiger partial charge is 0.228 e. The molecule has 6 heteroatoms. The second-order valence-corrected chi connectivity index (χ2v) is 6.78. The van der Waals surface area contributed by atoms with Crippen LogP contribution in [-0.4, -0.2) is 25.8 Å². The largest absolute Gasteiger partial charge is 0.326 e. The highest BCUT2D eigenvalue weighted by Crippen LogP contribution is 2.21. The molecule has 0 aliphatic carbocycles. The van der Waals surface area contributed by atoms with Crippen LogP contribution in [0.15, 0.2) is 18.2 Å². The van der Waals surface area contributed by atoms with Crippen LogP contribution in [0.25, 0.3) is 0 Å². The van der Waals surface area contributed by atoms with Gasteiger partial charge in [-0.05, 0) is 31.0 Å². The number of carbonyl (C=O) groups is 1. The van der Waals surface area contributed by atoms with Crippen LogP contribution in [0.1, 0.15) is 12.0 Å². The molecule has 1 heterocycles. The summed E-state index contributed by atoms with van der Waals surface area (Å²) < 4.78 is 35.8. The number of hydrogen-bond acceptors (Lipinski definition) is 3. The predicted octanol–water partition coefficient (Wildman–Crippen LogP) is 1.51. The second kappa shape index (κ2) is 4.68. The maximum atomic E-state index is 13.3.